The number of rotatable bonds is 15. The third kappa shape index (κ3) is 9.87. The Bertz CT molecular complexity index is 1660. The quantitative estimate of drug-likeness (QED) is 0.124. The van der Waals surface area contributed by atoms with Gasteiger partial charge in [0.05, 0.1) is 23.3 Å². The summed E-state index contributed by atoms with van der Waals surface area (Å²) < 4.78 is 29.0. The number of nitrogens with zero attached hydrogens (tertiary/aromatic N) is 5. The van der Waals surface area contributed by atoms with Crippen LogP contribution in [0.2, 0.25) is 0 Å². The van der Waals surface area contributed by atoms with E-state index in [0.717, 1.165) is 11.1 Å². The molecular formula is C36H48N6O6S. The first-order valence-corrected chi connectivity index (χ1v) is 17.9. The predicted octanol–water partition coefficient (Wildman–Crippen LogP) is 3.98. The smallest absolute Gasteiger partial charge is 0.321 e. The molecule has 49 heavy (non-hydrogen) atoms. The molecule has 0 bridgehead atoms. The normalized spacial score (nSPS) is 16.0. The maximum absolute atomic E-state index is 14.3. The van der Waals surface area contributed by atoms with Crippen LogP contribution in [-0.4, -0.2) is 100 Å². The van der Waals surface area contributed by atoms with Gasteiger partial charge in [-0.3, -0.25) is 9.78 Å². The van der Waals surface area contributed by atoms with Gasteiger partial charge in [-0.25, -0.2) is 13.2 Å². The zero-order chi connectivity index (χ0) is 35.8. The number of pyridine rings is 1. The molecule has 0 aliphatic carbocycles. The monoisotopic (exact) mass is 692 g/mol. The van der Waals surface area contributed by atoms with Gasteiger partial charge in [0, 0.05) is 45.1 Å². The molecule has 3 N–H and O–H groups in total. The van der Waals surface area contributed by atoms with Crippen LogP contribution in [0.4, 0.5) is 4.79 Å². The van der Waals surface area contributed by atoms with E-state index >= 15 is 0 Å². The average Bonchev–Trinajstić information content (AvgIpc) is 3.39. The average molecular weight is 693 g/mol. The number of carbonyl (C=O) groups is 2. The minimum atomic E-state index is -4.06. The Morgan fingerprint density at radius 3 is 2.29 bits per heavy atom. The molecule has 12 nitrogen and oxygen atoms in total. The van der Waals surface area contributed by atoms with Gasteiger partial charge in [0.1, 0.15) is 6.04 Å². The second-order valence-corrected chi connectivity index (χ2v) is 15.9. The topological polar surface area (TPSA) is 156 Å². The van der Waals surface area contributed by atoms with Crippen molar-refractivity contribution in [2.45, 2.75) is 70.7 Å². The SMILES string of the molecule is CC(C)CN(C[C@@H](O)[C@H](Cc1ccccc1)NC(=O)[C@@H](N1CCN(Cc2cccnc2)C1=O)C(C)(C)C)S(=O)(=O)c1ccc(/C=N/O)cc1. The van der Waals surface area contributed by atoms with Gasteiger partial charge >= 0.3 is 6.03 Å². The number of hydrogen-bond acceptors (Lipinski definition) is 8. The number of carbonyl (C=O) groups excluding carboxylic acids is 2. The fourth-order valence-electron chi connectivity index (χ4n) is 6.07. The van der Waals surface area contributed by atoms with E-state index in [2.05, 4.69) is 15.5 Å². The summed E-state index contributed by atoms with van der Waals surface area (Å²) in [6.45, 7) is 10.5. The molecule has 0 saturated carbocycles. The molecule has 0 radical (unpaired) electrons. The first-order valence-electron chi connectivity index (χ1n) is 16.4. The Balaban J connectivity index is 1.60. The van der Waals surface area contributed by atoms with Gasteiger partial charge < -0.3 is 25.4 Å². The van der Waals surface area contributed by atoms with Crippen molar-refractivity contribution in [2.75, 3.05) is 26.2 Å². The molecule has 1 aliphatic rings. The summed E-state index contributed by atoms with van der Waals surface area (Å²) in [6.07, 6.45) is 3.52. The van der Waals surface area contributed by atoms with E-state index in [1.54, 1.807) is 22.2 Å². The fourth-order valence-corrected chi connectivity index (χ4v) is 7.69. The third-order valence-electron chi connectivity index (χ3n) is 8.38. The van der Waals surface area contributed by atoms with Crippen LogP contribution in [0.1, 0.15) is 51.3 Å². The first-order chi connectivity index (χ1) is 23.2. The highest BCUT2D eigenvalue weighted by Gasteiger charge is 2.44. The number of aliphatic hydroxyl groups is 1. The predicted molar refractivity (Wildman–Crippen MR) is 187 cm³/mol. The molecule has 1 fully saturated rings. The summed E-state index contributed by atoms with van der Waals surface area (Å²) in [5.41, 5.74) is 1.59. The van der Waals surface area contributed by atoms with Gasteiger partial charge in [0.15, 0.2) is 0 Å². The lowest BCUT2D eigenvalue weighted by Crippen LogP contribution is -2.59. The summed E-state index contributed by atoms with van der Waals surface area (Å²) in [5.74, 6) is -0.491. The van der Waals surface area contributed by atoms with Gasteiger partial charge in [-0.05, 0) is 52.6 Å². The van der Waals surface area contributed by atoms with Crippen LogP contribution in [0.3, 0.4) is 0 Å². The summed E-state index contributed by atoms with van der Waals surface area (Å²) in [5, 5.41) is 26.6. The number of oxime groups is 1. The van der Waals surface area contributed by atoms with Crippen molar-refractivity contribution >= 4 is 28.2 Å². The molecule has 1 aromatic heterocycles. The second kappa shape index (κ2) is 16.4. The van der Waals surface area contributed by atoms with Crippen LogP contribution >= 0.6 is 0 Å². The van der Waals surface area contributed by atoms with Crippen LogP contribution < -0.4 is 5.32 Å². The molecule has 3 amide bonds. The molecule has 1 aliphatic heterocycles. The summed E-state index contributed by atoms with van der Waals surface area (Å²) in [4.78, 5) is 35.4. The van der Waals surface area contributed by atoms with Gasteiger partial charge in [0.25, 0.3) is 0 Å². The number of sulfonamides is 1. The third-order valence-corrected chi connectivity index (χ3v) is 10.2. The molecule has 2 aromatic carbocycles. The highest BCUT2D eigenvalue weighted by Crippen LogP contribution is 2.29. The van der Waals surface area contributed by atoms with Crippen molar-refractivity contribution in [1.29, 1.82) is 0 Å². The lowest BCUT2D eigenvalue weighted by molar-refractivity contribution is -0.130. The van der Waals surface area contributed by atoms with E-state index in [1.807, 2.05) is 77.1 Å². The standard InChI is InChI=1S/C36H48N6O6S/c1-26(2)23-41(49(47,48)30-15-13-28(14-16-30)22-38-46)25-32(43)31(20-27-10-7-6-8-11-27)39-34(44)33(36(3,4)5)42-19-18-40(35(42)45)24-29-12-9-17-37-21-29/h6-17,21-22,26,31-33,43,46H,18-20,23-25H2,1-5H3,(H,39,44)/b38-22+/t31-,32+,33+/m0/s1. The zero-order valence-electron chi connectivity index (χ0n) is 28.8. The zero-order valence-corrected chi connectivity index (χ0v) is 29.6. The van der Waals surface area contributed by atoms with Crippen molar-refractivity contribution in [1.82, 2.24) is 24.4 Å². The van der Waals surface area contributed by atoms with Crippen LogP contribution in [-0.2, 0) is 27.8 Å². The summed E-state index contributed by atoms with van der Waals surface area (Å²) in [7, 11) is -4.06. The largest absolute Gasteiger partial charge is 0.411 e. The van der Waals surface area contributed by atoms with E-state index in [-0.39, 0.29) is 36.4 Å². The van der Waals surface area contributed by atoms with E-state index in [9.17, 15) is 23.1 Å². The Morgan fingerprint density at radius 1 is 1.02 bits per heavy atom. The van der Waals surface area contributed by atoms with Crippen molar-refractivity contribution in [2.24, 2.45) is 16.5 Å². The number of hydrogen-bond donors (Lipinski definition) is 3. The minimum absolute atomic E-state index is 0.0234. The van der Waals surface area contributed by atoms with Gasteiger partial charge in [-0.15, -0.1) is 0 Å². The maximum atomic E-state index is 14.3. The minimum Gasteiger partial charge on any atom is -0.411 e. The molecule has 264 valence electrons. The van der Waals surface area contributed by atoms with Crippen molar-refractivity contribution < 1.29 is 28.3 Å². The lowest BCUT2D eigenvalue weighted by atomic mass is 9.84. The van der Waals surface area contributed by atoms with Crippen molar-refractivity contribution in [3.8, 4) is 0 Å². The van der Waals surface area contributed by atoms with Crippen LogP contribution in [0.15, 0.2) is 89.2 Å². The Labute approximate surface area is 289 Å². The number of benzene rings is 2. The highest BCUT2D eigenvalue weighted by atomic mass is 32.2. The summed E-state index contributed by atoms with van der Waals surface area (Å²) >= 11 is 0. The van der Waals surface area contributed by atoms with E-state index in [0.29, 0.717) is 25.2 Å². The number of urea groups is 1. The molecule has 1 saturated heterocycles. The molecule has 4 rings (SSSR count). The molecule has 0 unspecified atom stereocenters. The van der Waals surface area contributed by atoms with E-state index < -0.39 is 39.5 Å². The number of amides is 3. The molecular weight excluding hydrogens is 644 g/mol. The maximum Gasteiger partial charge on any atom is 0.321 e. The Kier molecular flexibility index (Phi) is 12.5. The molecule has 0 spiro atoms. The Morgan fingerprint density at radius 2 is 1.69 bits per heavy atom. The van der Waals surface area contributed by atoms with Crippen LogP contribution in [0, 0.1) is 11.3 Å². The number of aromatic nitrogens is 1. The lowest BCUT2D eigenvalue weighted by Gasteiger charge is -2.38. The van der Waals surface area contributed by atoms with Crippen molar-refractivity contribution in [3.63, 3.8) is 0 Å². The first kappa shape index (κ1) is 37.5. The van der Waals surface area contributed by atoms with Crippen molar-refractivity contribution in [3.05, 3.63) is 95.8 Å². The van der Waals surface area contributed by atoms with Gasteiger partial charge in [0.2, 0.25) is 15.9 Å². The Hall–Kier alpha value is -4.33. The van der Waals surface area contributed by atoms with Gasteiger partial charge in [-0.2, -0.15) is 4.31 Å². The number of nitrogens with one attached hydrogen (secondary N) is 1. The van der Waals surface area contributed by atoms with E-state index in [4.69, 9.17) is 5.21 Å². The van der Waals surface area contributed by atoms with Crippen LogP contribution in [0.25, 0.3) is 0 Å². The molecule has 3 aromatic rings. The van der Waals surface area contributed by atoms with E-state index in [1.165, 1.54) is 34.8 Å². The van der Waals surface area contributed by atoms with Gasteiger partial charge in [-0.1, -0.05) is 88.3 Å². The number of aliphatic hydroxyl groups excluding tert-OH is 1. The second-order valence-electron chi connectivity index (χ2n) is 13.9. The van der Waals surface area contributed by atoms with Crippen LogP contribution in [0.5, 0.6) is 0 Å². The molecule has 2 heterocycles. The molecule has 13 heteroatoms. The molecule has 3 atom stereocenters. The fraction of sp³-hybridized carbons (Fsp3) is 0.444. The summed E-state index contributed by atoms with van der Waals surface area (Å²) in [6, 6.07) is 17.0. The highest BCUT2D eigenvalue weighted by molar-refractivity contribution is 7.89.